The van der Waals surface area contributed by atoms with E-state index in [4.69, 9.17) is 11.6 Å². The smallest absolute Gasteiger partial charge is 0.123 e. The molecule has 0 radical (unpaired) electrons. The highest BCUT2D eigenvalue weighted by molar-refractivity contribution is 6.31. The summed E-state index contributed by atoms with van der Waals surface area (Å²) in [6.07, 6.45) is 0.621. The van der Waals surface area contributed by atoms with Gasteiger partial charge in [-0.15, -0.1) is 0 Å². The maximum atomic E-state index is 13.1. The molecular formula is C12H12ClFN2O. The second-order valence-corrected chi connectivity index (χ2v) is 4.05. The van der Waals surface area contributed by atoms with Crippen LogP contribution >= 0.6 is 11.6 Å². The summed E-state index contributed by atoms with van der Waals surface area (Å²) in [4.78, 5) is 0. The van der Waals surface area contributed by atoms with Gasteiger partial charge in [0.05, 0.1) is 5.69 Å². The fraction of sp³-hybridized carbons (Fsp3) is 0.250. The van der Waals surface area contributed by atoms with E-state index in [-0.39, 0.29) is 0 Å². The molecule has 0 amide bonds. The van der Waals surface area contributed by atoms with Gasteiger partial charge in [-0.2, -0.15) is 5.10 Å². The van der Waals surface area contributed by atoms with E-state index >= 15 is 0 Å². The van der Waals surface area contributed by atoms with E-state index in [0.29, 0.717) is 22.8 Å². The lowest BCUT2D eigenvalue weighted by Crippen LogP contribution is -2.09. The van der Waals surface area contributed by atoms with Crippen molar-refractivity contribution in [3.63, 3.8) is 0 Å². The van der Waals surface area contributed by atoms with Crippen molar-refractivity contribution < 1.29 is 9.50 Å². The fourth-order valence-electron chi connectivity index (χ4n) is 1.72. The predicted molar refractivity (Wildman–Crippen MR) is 63.4 cm³/mol. The minimum absolute atomic E-state index is 0.336. The van der Waals surface area contributed by atoms with Gasteiger partial charge in [-0.25, -0.2) is 4.39 Å². The topological polar surface area (TPSA) is 38.0 Å². The highest BCUT2D eigenvalue weighted by Gasteiger charge is 2.18. The summed E-state index contributed by atoms with van der Waals surface area (Å²) in [6.45, 7) is 2.54. The number of halogens is 2. The Balaban J connectivity index is 2.43. The Bertz CT molecular complexity index is 527. The van der Waals surface area contributed by atoms with E-state index < -0.39 is 11.9 Å². The Morgan fingerprint density at radius 3 is 2.94 bits per heavy atom. The maximum absolute atomic E-state index is 13.1. The van der Waals surface area contributed by atoms with Gasteiger partial charge >= 0.3 is 0 Å². The van der Waals surface area contributed by atoms with E-state index in [1.54, 1.807) is 16.9 Å². The monoisotopic (exact) mass is 254 g/mol. The molecule has 1 unspecified atom stereocenters. The predicted octanol–water partition coefficient (Wildman–Crippen LogP) is 2.78. The highest BCUT2D eigenvalue weighted by atomic mass is 35.5. The van der Waals surface area contributed by atoms with Gasteiger partial charge in [0.15, 0.2) is 0 Å². The van der Waals surface area contributed by atoms with Crippen LogP contribution in [0.25, 0.3) is 0 Å². The molecule has 1 N–H and O–H groups in total. The third kappa shape index (κ3) is 2.33. The molecule has 0 fully saturated rings. The van der Waals surface area contributed by atoms with Crippen LogP contribution in [0.2, 0.25) is 5.02 Å². The normalized spacial score (nSPS) is 12.7. The van der Waals surface area contributed by atoms with Gasteiger partial charge in [-0.05, 0) is 31.2 Å². The van der Waals surface area contributed by atoms with E-state index in [1.165, 1.54) is 18.2 Å². The SMILES string of the molecule is CCn1nccc1C(O)c1cc(F)ccc1Cl. The van der Waals surface area contributed by atoms with Crippen molar-refractivity contribution in [2.75, 3.05) is 0 Å². The summed E-state index contributed by atoms with van der Waals surface area (Å²) in [5.74, 6) is -0.425. The van der Waals surface area contributed by atoms with Gasteiger partial charge in [0.25, 0.3) is 0 Å². The largest absolute Gasteiger partial charge is 0.382 e. The van der Waals surface area contributed by atoms with Crippen molar-refractivity contribution in [2.45, 2.75) is 19.6 Å². The first-order chi connectivity index (χ1) is 8.13. The van der Waals surface area contributed by atoms with Gasteiger partial charge in [0.1, 0.15) is 11.9 Å². The van der Waals surface area contributed by atoms with Crippen LogP contribution in [0, 0.1) is 5.82 Å². The second-order valence-electron chi connectivity index (χ2n) is 3.64. The average Bonchev–Trinajstić information content (AvgIpc) is 2.79. The van der Waals surface area contributed by atoms with Gasteiger partial charge in [-0.3, -0.25) is 4.68 Å². The molecule has 1 atom stereocenters. The van der Waals surface area contributed by atoms with Crippen LogP contribution in [0.5, 0.6) is 0 Å². The molecule has 0 saturated carbocycles. The second kappa shape index (κ2) is 4.85. The number of aliphatic hydroxyl groups is 1. The zero-order valence-corrected chi connectivity index (χ0v) is 10.0. The molecule has 17 heavy (non-hydrogen) atoms. The molecule has 2 rings (SSSR count). The van der Waals surface area contributed by atoms with Crippen molar-refractivity contribution in [3.8, 4) is 0 Å². The van der Waals surface area contributed by atoms with Crippen LogP contribution in [-0.2, 0) is 6.54 Å². The third-order valence-corrected chi connectivity index (χ3v) is 2.93. The molecule has 0 saturated heterocycles. The van der Waals surface area contributed by atoms with Crippen molar-refractivity contribution in [1.29, 1.82) is 0 Å². The summed E-state index contributed by atoms with van der Waals surface area (Å²) < 4.78 is 14.8. The lowest BCUT2D eigenvalue weighted by molar-refractivity contribution is 0.207. The maximum Gasteiger partial charge on any atom is 0.123 e. The quantitative estimate of drug-likeness (QED) is 0.915. The lowest BCUT2D eigenvalue weighted by atomic mass is 10.1. The van der Waals surface area contributed by atoms with Gasteiger partial charge in [-0.1, -0.05) is 11.6 Å². The molecule has 1 aromatic carbocycles. The zero-order chi connectivity index (χ0) is 12.4. The van der Waals surface area contributed by atoms with E-state index in [9.17, 15) is 9.50 Å². The molecule has 3 nitrogen and oxygen atoms in total. The minimum Gasteiger partial charge on any atom is -0.382 e. The van der Waals surface area contributed by atoms with E-state index in [0.717, 1.165) is 0 Å². The summed E-state index contributed by atoms with van der Waals surface area (Å²) in [5.41, 5.74) is 0.946. The first kappa shape index (κ1) is 12.1. The fourth-order valence-corrected chi connectivity index (χ4v) is 1.94. The molecule has 90 valence electrons. The van der Waals surface area contributed by atoms with Gasteiger partial charge < -0.3 is 5.11 Å². The summed E-state index contributed by atoms with van der Waals surface area (Å²) in [6, 6.07) is 5.62. The number of rotatable bonds is 3. The molecular weight excluding hydrogens is 243 g/mol. The number of nitrogens with zero attached hydrogens (tertiary/aromatic N) is 2. The first-order valence-electron chi connectivity index (χ1n) is 5.28. The molecule has 5 heteroatoms. The summed E-state index contributed by atoms with van der Waals surface area (Å²) >= 11 is 5.95. The van der Waals surface area contributed by atoms with Crippen molar-refractivity contribution in [2.24, 2.45) is 0 Å². The summed E-state index contributed by atoms with van der Waals surface area (Å²) in [7, 11) is 0. The molecule has 0 aliphatic carbocycles. The highest BCUT2D eigenvalue weighted by Crippen LogP contribution is 2.28. The number of aliphatic hydroxyl groups excluding tert-OH is 1. The van der Waals surface area contributed by atoms with Crippen molar-refractivity contribution in [3.05, 3.63) is 52.6 Å². The number of benzene rings is 1. The number of aryl methyl sites for hydroxylation is 1. The molecule has 0 bridgehead atoms. The molecule has 2 aromatic rings. The molecule has 1 heterocycles. The molecule has 0 spiro atoms. The zero-order valence-electron chi connectivity index (χ0n) is 9.27. The Morgan fingerprint density at radius 1 is 1.47 bits per heavy atom. The summed E-state index contributed by atoms with van der Waals surface area (Å²) in [5, 5.41) is 14.6. The van der Waals surface area contributed by atoms with E-state index in [2.05, 4.69) is 5.10 Å². The van der Waals surface area contributed by atoms with Crippen LogP contribution in [0.4, 0.5) is 4.39 Å². The third-order valence-electron chi connectivity index (χ3n) is 2.58. The van der Waals surface area contributed by atoms with Crippen LogP contribution in [0.15, 0.2) is 30.5 Å². The Kier molecular flexibility index (Phi) is 3.45. The van der Waals surface area contributed by atoms with E-state index in [1.807, 2.05) is 6.92 Å². The number of hydrogen-bond donors (Lipinski definition) is 1. The van der Waals surface area contributed by atoms with Crippen LogP contribution < -0.4 is 0 Å². The first-order valence-corrected chi connectivity index (χ1v) is 5.66. The van der Waals surface area contributed by atoms with Crippen LogP contribution in [-0.4, -0.2) is 14.9 Å². The Morgan fingerprint density at radius 2 is 2.24 bits per heavy atom. The van der Waals surface area contributed by atoms with Crippen LogP contribution in [0.3, 0.4) is 0 Å². The molecule has 0 aliphatic heterocycles. The van der Waals surface area contributed by atoms with Crippen LogP contribution in [0.1, 0.15) is 24.3 Å². The molecule has 1 aromatic heterocycles. The number of hydrogen-bond acceptors (Lipinski definition) is 2. The lowest BCUT2D eigenvalue weighted by Gasteiger charge is -2.14. The Labute approximate surface area is 103 Å². The average molecular weight is 255 g/mol. The minimum atomic E-state index is -0.972. The van der Waals surface area contributed by atoms with Crippen molar-refractivity contribution >= 4 is 11.6 Å². The number of aromatic nitrogens is 2. The molecule has 0 aliphatic rings. The van der Waals surface area contributed by atoms with Crippen molar-refractivity contribution in [1.82, 2.24) is 9.78 Å². The standard InChI is InChI=1S/C12H12ClFN2O/c1-2-16-11(5-6-15-16)12(17)9-7-8(14)3-4-10(9)13/h3-7,12,17H,2H2,1H3. The Hall–Kier alpha value is -1.39. The van der Waals surface area contributed by atoms with Gasteiger partial charge in [0, 0.05) is 23.3 Å². The van der Waals surface area contributed by atoms with Gasteiger partial charge in [0.2, 0.25) is 0 Å².